The van der Waals surface area contributed by atoms with Crippen LogP contribution in [0.15, 0.2) is 398 Å². The first kappa shape index (κ1) is 82.4. The summed E-state index contributed by atoms with van der Waals surface area (Å²) < 4.78 is 37.6. The molecule has 0 saturated heterocycles. The van der Waals surface area contributed by atoms with Crippen LogP contribution in [-0.2, 0) is 57.8 Å². The van der Waals surface area contributed by atoms with Crippen molar-refractivity contribution in [2.75, 3.05) is 20.4 Å². The Morgan fingerprint density at radius 2 is 0.500 bits per heavy atom. The van der Waals surface area contributed by atoms with Gasteiger partial charge in [-0.1, -0.05) is 176 Å². The maximum atomic E-state index is 6.43. The number of fused-ring (bicyclic) bond motifs is 1. The molecule has 6 nitrogen and oxygen atoms in total. The van der Waals surface area contributed by atoms with Crippen LogP contribution < -0.4 is 14.2 Å². The molecule has 0 heterocycles. The second kappa shape index (κ2) is 38.9. The van der Waals surface area contributed by atoms with Crippen LogP contribution in [-0.4, -0.2) is 38.7 Å². The highest BCUT2D eigenvalue weighted by atomic mass is 32.2. The Kier molecular flexibility index (Phi) is 26.3. The minimum absolute atomic E-state index is 0.0892. The highest BCUT2D eigenvalue weighted by Crippen LogP contribution is 2.58. The average Bonchev–Trinajstić information content (AvgIpc) is 0.734. The average molecular weight is 1690 g/mol. The standard InChI is InChI=1S/C31H35O2S.C30H33O2S.C29H31O2S.C22H17S/c1-21-13-29(34(27-9-5-3-6-10-27)28-11-7-4-8-12-28)14-22(2)30(21)32-20-33-31-25-16-23-15-24(18-25)19-26(31)17-23;1-21-14-26(31-20-32-30-24-16-22-15-23(18-24)19-25(30)17-22)12-13-29(21)33(27-8-4-2-5-9-27)28-10-6-3-7-11-28;1-3-7-26(8-4-1)32(27-9-5-2-6-10-27)28-13-11-25(12-14-28)30-20-31-29-23-16-21-15-22(18-23)19-24(29)17-21;1-3-12-19(13-4-1)23(20-14-5-2-6-15-20)22-17-9-11-18-10-7-8-16-21(18)22/h3-14,23-26,31H,15-20H2,1-2H3;2-14,22-25,30H,15-20H2,1H3;1-14,21-24,29H,15-20H2;1-17H/q4*+1. The zero-order valence-electron chi connectivity index (χ0n) is 70.8. The van der Waals surface area contributed by atoms with Crippen LogP contribution >= 0.6 is 0 Å². The van der Waals surface area contributed by atoms with E-state index in [0.29, 0.717) is 38.7 Å². The van der Waals surface area contributed by atoms with Gasteiger partial charge in [0.25, 0.3) is 0 Å². The van der Waals surface area contributed by atoms with Crippen molar-refractivity contribution in [3.8, 4) is 17.2 Å². The molecule has 122 heavy (non-hydrogen) atoms. The fraction of sp³-hybridized carbons (Fsp3) is 0.321. The van der Waals surface area contributed by atoms with Gasteiger partial charge in [-0.2, -0.15) is 0 Å². The van der Waals surface area contributed by atoms with Crippen LogP contribution in [0.1, 0.15) is 113 Å². The lowest BCUT2D eigenvalue weighted by Gasteiger charge is -2.53. The summed E-state index contributed by atoms with van der Waals surface area (Å²) in [6.45, 7) is 7.66. The fourth-order valence-corrected chi connectivity index (χ4v) is 32.1. The van der Waals surface area contributed by atoms with Gasteiger partial charge in [0.05, 0.1) is 61.9 Å². The molecule has 0 spiro atoms. The van der Waals surface area contributed by atoms with Crippen LogP contribution in [0.4, 0.5) is 0 Å². The number of benzene rings is 13. The Balaban J connectivity index is 0.000000108. The van der Waals surface area contributed by atoms with E-state index in [1.165, 1.54) is 183 Å². The van der Waals surface area contributed by atoms with Crippen LogP contribution in [0.2, 0.25) is 0 Å². The van der Waals surface area contributed by atoms with Crippen molar-refractivity contribution in [2.24, 2.45) is 71.0 Å². The molecule has 12 aliphatic carbocycles. The summed E-state index contributed by atoms with van der Waals surface area (Å²) in [7, 11) is -0.487. The Bertz CT molecular complexity index is 5250. The summed E-state index contributed by atoms with van der Waals surface area (Å²) in [6.07, 6.45) is 22.3. The molecule has 0 amide bonds. The zero-order chi connectivity index (χ0) is 82.1. The lowest BCUT2D eigenvalue weighted by atomic mass is 9.55. The van der Waals surface area contributed by atoms with E-state index in [9.17, 15) is 0 Å². The predicted molar refractivity (Wildman–Crippen MR) is 500 cm³/mol. The van der Waals surface area contributed by atoms with Crippen LogP contribution in [0.25, 0.3) is 10.8 Å². The van der Waals surface area contributed by atoms with Crippen molar-refractivity contribution >= 4 is 54.4 Å². The number of rotatable bonds is 24. The molecule has 0 aromatic heterocycles. The lowest BCUT2D eigenvalue weighted by Crippen LogP contribution is -2.49. The summed E-state index contributed by atoms with van der Waals surface area (Å²) in [5.74, 6) is 13.3. The summed E-state index contributed by atoms with van der Waals surface area (Å²) in [5.41, 5.74) is 3.64. The molecule has 12 saturated carbocycles. The molecule has 0 N–H and O–H groups in total. The second-order valence-electron chi connectivity index (χ2n) is 36.0. The van der Waals surface area contributed by atoms with Gasteiger partial charge in [-0.05, 0) is 356 Å². The smallest absolute Gasteiger partial charge is 0.189 e. The zero-order valence-corrected chi connectivity index (χ0v) is 74.1. The molecule has 620 valence electrons. The van der Waals surface area contributed by atoms with E-state index in [2.05, 4.69) is 360 Å². The van der Waals surface area contributed by atoms with E-state index < -0.39 is 0 Å². The van der Waals surface area contributed by atoms with Crippen LogP contribution in [0.5, 0.6) is 17.2 Å². The van der Waals surface area contributed by atoms with Gasteiger partial charge in [-0.3, -0.25) is 0 Å². The van der Waals surface area contributed by atoms with Crippen molar-refractivity contribution in [3.05, 3.63) is 356 Å². The minimum Gasteiger partial charge on any atom is -0.468 e. The topological polar surface area (TPSA) is 55.4 Å². The Morgan fingerprint density at radius 1 is 0.221 bits per heavy atom. The lowest BCUT2D eigenvalue weighted by molar-refractivity contribution is -0.155. The summed E-state index contributed by atoms with van der Waals surface area (Å²) in [5, 5.41) is 2.64. The van der Waals surface area contributed by atoms with Crippen molar-refractivity contribution in [1.82, 2.24) is 0 Å². The third kappa shape index (κ3) is 19.1. The number of aryl methyl sites for hydroxylation is 3. The van der Waals surface area contributed by atoms with Gasteiger partial charge < -0.3 is 28.4 Å². The molecule has 0 radical (unpaired) electrons. The molecule has 0 unspecified atom stereocenters. The molecular formula is C112H116O6S4+4. The molecule has 10 heteroatoms. The molecule has 0 atom stereocenters. The van der Waals surface area contributed by atoms with Gasteiger partial charge in [-0.25, -0.2) is 0 Å². The minimum atomic E-state index is -0.142. The van der Waals surface area contributed by atoms with E-state index in [0.717, 1.165) is 88.3 Å². The van der Waals surface area contributed by atoms with Gasteiger partial charge in [0.1, 0.15) is 17.2 Å². The normalized spacial score (nSPS) is 24.6. The van der Waals surface area contributed by atoms with Crippen molar-refractivity contribution in [3.63, 3.8) is 0 Å². The van der Waals surface area contributed by atoms with E-state index in [-0.39, 0.29) is 43.6 Å². The molecular weight excluding hydrogens is 1570 g/mol. The first-order valence-electron chi connectivity index (χ1n) is 45.1. The molecule has 12 bridgehead atoms. The number of ether oxygens (including phenoxy) is 6. The van der Waals surface area contributed by atoms with Crippen LogP contribution in [0, 0.1) is 91.8 Å². The van der Waals surface area contributed by atoms with Gasteiger partial charge in [0.2, 0.25) is 0 Å². The highest BCUT2D eigenvalue weighted by Gasteiger charge is 2.52. The molecule has 25 rings (SSSR count). The van der Waals surface area contributed by atoms with E-state index in [1.54, 1.807) is 0 Å². The summed E-state index contributed by atoms with van der Waals surface area (Å²) in [6, 6.07) is 122. The molecule has 13 aromatic rings. The van der Waals surface area contributed by atoms with E-state index >= 15 is 0 Å². The van der Waals surface area contributed by atoms with Crippen molar-refractivity contribution < 1.29 is 28.4 Å². The van der Waals surface area contributed by atoms with Gasteiger partial charge in [-0.15, -0.1) is 0 Å². The molecule has 12 aliphatic rings. The van der Waals surface area contributed by atoms with Gasteiger partial charge >= 0.3 is 0 Å². The van der Waals surface area contributed by atoms with E-state index in [4.69, 9.17) is 28.4 Å². The molecule has 13 aromatic carbocycles. The van der Waals surface area contributed by atoms with Gasteiger partial charge in [0.15, 0.2) is 79.1 Å². The Morgan fingerprint density at radius 3 is 0.852 bits per heavy atom. The molecule has 12 fully saturated rings. The largest absolute Gasteiger partial charge is 0.468 e. The highest BCUT2D eigenvalue weighted by molar-refractivity contribution is 7.98. The quantitative estimate of drug-likeness (QED) is 0.0444. The predicted octanol–water partition coefficient (Wildman–Crippen LogP) is 27.7. The third-order valence-corrected chi connectivity index (χ3v) is 36.8. The van der Waals surface area contributed by atoms with Crippen molar-refractivity contribution in [1.29, 1.82) is 0 Å². The maximum absolute atomic E-state index is 6.43. The summed E-state index contributed by atoms with van der Waals surface area (Å²) in [4.78, 5) is 16.1. The first-order valence-corrected chi connectivity index (χ1v) is 50.0. The van der Waals surface area contributed by atoms with Crippen molar-refractivity contribution in [2.45, 2.75) is 194 Å². The van der Waals surface area contributed by atoms with Crippen LogP contribution in [0.3, 0.4) is 0 Å². The second-order valence-corrected chi connectivity index (χ2v) is 44.0. The Hall–Kier alpha value is -9.20. The molecule has 0 aliphatic heterocycles. The fourth-order valence-electron chi connectivity index (χ4n) is 23.3. The number of hydrogen-bond acceptors (Lipinski definition) is 6. The third-order valence-electron chi connectivity index (χ3n) is 27.8. The SMILES string of the molecule is Cc1cc(OCOC2C3CC4CC(C3)CC2C4)ccc1[S+](c1ccccc1)c1ccccc1.Cc1cc([S+](c2ccccc2)c2ccccc2)cc(C)c1OCOC1C2CC3CC(C2)CC1C3.c1ccc([S+](c2ccccc2)c2ccc(OCOC3C4CC5CC(C4)CC3C5)cc2)cc1.c1ccc([S+](c2ccccc2)c2cccc3ccccc23)cc1. The monoisotopic (exact) mass is 1680 g/mol. The van der Waals surface area contributed by atoms with E-state index in [1.807, 2.05) is 0 Å². The summed E-state index contributed by atoms with van der Waals surface area (Å²) >= 11 is 0. The van der Waals surface area contributed by atoms with Gasteiger partial charge in [0, 0.05) is 23.1 Å². The number of hydrogen-bond donors (Lipinski definition) is 0. The Labute approximate surface area is 736 Å². The maximum Gasteiger partial charge on any atom is 0.189 e. The first-order chi connectivity index (χ1) is 60.2.